The maximum Gasteiger partial charge on any atom is 0.490 e. The largest absolute Gasteiger partial charge is 0.490 e. The monoisotopic (exact) mass is 589 g/mol. The fourth-order valence-electron chi connectivity index (χ4n) is 2.49. The molecule has 5 atom stereocenters. The first-order valence-electron chi connectivity index (χ1n) is 9.09. The third-order valence-corrected chi connectivity index (χ3v) is 10.1. The van der Waals surface area contributed by atoms with Gasteiger partial charge in [0.2, 0.25) is 0 Å². The molecule has 17 nitrogen and oxygen atoms in total. The summed E-state index contributed by atoms with van der Waals surface area (Å²) >= 11 is 0. The van der Waals surface area contributed by atoms with Gasteiger partial charge in [0.25, 0.3) is 5.56 Å². The Morgan fingerprint density at radius 2 is 1.85 bits per heavy atom. The van der Waals surface area contributed by atoms with Crippen molar-refractivity contribution in [1.29, 1.82) is 0 Å². The van der Waals surface area contributed by atoms with Crippen LogP contribution >= 0.6 is 45.1 Å². The molecule has 8 N–H and O–H groups in total. The normalized spacial score (nSPS) is 24.6. The lowest BCUT2D eigenvalue weighted by molar-refractivity contribution is -0.0452. The number of aliphatic hydroxyl groups excluding tert-OH is 1. The van der Waals surface area contributed by atoms with Crippen molar-refractivity contribution in [3.8, 4) is 0 Å². The van der Waals surface area contributed by atoms with Crippen molar-refractivity contribution in [1.82, 2.24) is 9.55 Å². The number of phosphoric acid groups is 3. The summed E-state index contributed by atoms with van der Waals surface area (Å²) < 4.78 is 51.9. The van der Waals surface area contributed by atoms with E-state index in [4.69, 9.17) is 25.2 Å². The molecule has 0 spiro atoms. The molecule has 1 aromatic heterocycles. The SMILES string of the molecule is NCCCSSc1cn([C@H]2C[C@H](O)[C@@H](COP(=O)(O)OP(=O)(O)OP(=O)(O)O)O2)c(=O)[nH]c1=O. The average Bonchev–Trinajstić information content (AvgIpc) is 3.02. The number of aromatic nitrogens is 2. The van der Waals surface area contributed by atoms with Crippen LogP contribution in [0.25, 0.3) is 0 Å². The molecule has 2 heterocycles. The summed E-state index contributed by atoms with van der Waals surface area (Å²) in [6, 6.07) is 0. The van der Waals surface area contributed by atoms with E-state index < -0.39 is 59.8 Å². The van der Waals surface area contributed by atoms with Crippen molar-refractivity contribution < 1.29 is 56.3 Å². The first-order chi connectivity index (χ1) is 15.6. The van der Waals surface area contributed by atoms with E-state index >= 15 is 0 Å². The zero-order chi connectivity index (χ0) is 25.7. The molecule has 2 unspecified atom stereocenters. The van der Waals surface area contributed by atoms with Gasteiger partial charge in [-0.15, -0.1) is 0 Å². The second-order valence-corrected chi connectivity index (χ2v) is 13.4. The van der Waals surface area contributed by atoms with Crippen LogP contribution < -0.4 is 17.0 Å². The first-order valence-corrected chi connectivity index (χ1v) is 15.9. The van der Waals surface area contributed by atoms with Gasteiger partial charge in [-0.3, -0.25) is 18.9 Å². The number of nitrogens with two attached hydrogens (primary N) is 1. The molecule has 0 bridgehead atoms. The Hall–Kier alpha value is -0.330. The van der Waals surface area contributed by atoms with Gasteiger partial charge < -0.3 is 35.2 Å². The van der Waals surface area contributed by atoms with Gasteiger partial charge in [0, 0.05) is 18.4 Å². The van der Waals surface area contributed by atoms with E-state index in [2.05, 4.69) is 18.1 Å². The maximum atomic E-state index is 12.2. The molecule has 34 heavy (non-hydrogen) atoms. The molecular formula is C12H22N3O14P3S2. The molecule has 1 fully saturated rings. The Kier molecular flexibility index (Phi) is 10.8. The van der Waals surface area contributed by atoms with Gasteiger partial charge >= 0.3 is 29.2 Å². The molecule has 196 valence electrons. The number of hydrogen-bond donors (Lipinski definition) is 7. The molecule has 0 radical (unpaired) electrons. The minimum absolute atomic E-state index is 0.177. The second-order valence-electron chi connectivity index (χ2n) is 6.53. The standard InChI is InChI=1S/C12H22N3O14P3S2/c13-2-1-3-33-34-9-5-15(12(18)14-11(9)17)10-4-7(16)8(27-10)6-26-31(22,23)29-32(24,25)28-30(19,20)21/h5,7-8,10,16H,1-4,6,13H2,(H,22,23)(H,24,25)(H,14,17,18)(H2,19,20,21)/t7-,8+,10+/m0/s1. The lowest BCUT2D eigenvalue weighted by atomic mass is 10.2. The van der Waals surface area contributed by atoms with Crippen LogP contribution in [0, 0.1) is 0 Å². The van der Waals surface area contributed by atoms with Gasteiger partial charge in [0.05, 0.1) is 17.6 Å². The molecule has 0 amide bonds. The van der Waals surface area contributed by atoms with Crippen molar-refractivity contribution in [3.63, 3.8) is 0 Å². The number of nitrogens with zero attached hydrogens (tertiary/aromatic N) is 1. The summed E-state index contributed by atoms with van der Waals surface area (Å²) in [4.78, 5) is 62.2. The molecule has 1 saturated heterocycles. The number of H-pyrrole nitrogens is 1. The number of hydrogen-bond acceptors (Lipinski definition) is 13. The number of nitrogens with one attached hydrogen (secondary N) is 1. The van der Waals surface area contributed by atoms with E-state index in [-0.39, 0.29) is 11.3 Å². The Morgan fingerprint density at radius 3 is 2.47 bits per heavy atom. The zero-order valence-electron chi connectivity index (χ0n) is 16.9. The Labute approximate surface area is 198 Å². The number of phosphoric ester groups is 1. The number of ether oxygens (including phenoxy) is 1. The predicted molar refractivity (Wildman–Crippen MR) is 118 cm³/mol. The molecule has 0 aliphatic carbocycles. The van der Waals surface area contributed by atoms with Gasteiger partial charge in [-0.25, -0.2) is 18.5 Å². The predicted octanol–water partition coefficient (Wildman–Crippen LogP) is -0.383. The molecule has 2 rings (SSSR count). The Morgan fingerprint density at radius 1 is 1.18 bits per heavy atom. The average molecular weight is 589 g/mol. The molecule has 0 saturated carbocycles. The van der Waals surface area contributed by atoms with Crippen LogP contribution in [0.2, 0.25) is 0 Å². The molecule has 0 aromatic carbocycles. The fraction of sp³-hybridized carbons (Fsp3) is 0.667. The highest BCUT2D eigenvalue weighted by atomic mass is 33.1. The van der Waals surface area contributed by atoms with Gasteiger partial charge in [-0.05, 0) is 13.0 Å². The second kappa shape index (κ2) is 12.3. The van der Waals surface area contributed by atoms with Gasteiger partial charge in [0.1, 0.15) is 12.3 Å². The van der Waals surface area contributed by atoms with Crippen molar-refractivity contribution in [2.45, 2.75) is 36.2 Å². The summed E-state index contributed by atoms with van der Waals surface area (Å²) in [6.45, 7) is -0.422. The first kappa shape index (κ1) is 29.9. The summed E-state index contributed by atoms with van der Waals surface area (Å²) in [5.74, 6) is 0.654. The lowest BCUT2D eigenvalue weighted by Gasteiger charge is -2.19. The van der Waals surface area contributed by atoms with E-state index in [1.165, 1.54) is 17.0 Å². The van der Waals surface area contributed by atoms with Crippen LogP contribution in [0.3, 0.4) is 0 Å². The van der Waals surface area contributed by atoms with Crippen LogP contribution in [-0.2, 0) is 31.6 Å². The summed E-state index contributed by atoms with van der Waals surface area (Å²) in [5, 5.41) is 10.2. The van der Waals surface area contributed by atoms with Crippen LogP contribution in [0.15, 0.2) is 20.7 Å². The quantitative estimate of drug-likeness (QED) is 0.0877. The van der Waals surface area contributed by atoms with Gasteiger partial charge in [-0.1, -0.05) is 21.6 Å². The Bertz CT molecular complexity index is 1110. The van der Waals surface area contributed by atoms with Crippen molar-refractivity contribution in [3.05, 3.63) is 27.0 Å². The van der Waals surface area contributed by atoms with Crippen molar-refractivity contribution >= 4 is 45.1 Å². The smallest absolute Gasteiger partial charge is 0.390 e. The number of rotatable bonds is 13. The number of aromatic amines is 1. The summed E-state index contributed by atoms with van der Waals surface area (Å²) in [6.07, 6.45) is -2.04. The summed E-state index contributed by atoms with van der Waals surface area (Å²) in [5.41, 5.74) is 3.93. The van der Waals surface area contributed by atoms with Crippen molar-refractivity contribution in [2.24, 2.45) is 5.73 Å². The van der Waals surface area contributed by atoms with Crippen LogP contribution in [0.5, 0.6) is 0 Å². The lowest BCUT2D eigenvalue weighted by Crippen LogP contribution is -2.33. The van der Waals surface area contributed by atoms with Crippen LogP contribution in [0.4, 0.5) is 0 Å². The molecule has 1 aromatic rings. The molecule has 1 aliphatic heterocycles. The van der Waals surface area contributed by atoms with Crippen LogP contribution in [0.1, 0.15) is 19.1 Å². The van der Waals surface area contributed by atoms with E-state index in [9.17, 15) is 33.3 Å². The Balaban J connectivity index is 2.03. The zero-order valence-corrected chi connectivity index (χ0v) is 21.3. The minimum Gasteiger partial charge on any atom is -0.390 e. The summed E-state index contributed by atoms with van der Waals surface area (Å²) in [7, 11) is -14.2. The highest BCUT2D eigenvalue weighted by Gasteiger charge is 2.43. The van der Waals surface area contributed by atoms with Gasteiger partial charge in [0.15, 0.2) is 0 Å². The molecule has 1 aliphatic rings. The van der Waals surface area contributed by atoms with E-state index in [1.54, 1.807) is 0 Å². The minimum atomic E-state index is -5.70. The highest BCUT2D eigenvalue weighted by Crippen LogP contribution is 2.66. The van der Waals surface area contributed by atoms with Crippen molar-refractivity contribution in [2.75, 3.05) is 18.9 Å². The molecule has 22 heteroatoms. The van der Waals surface area contributed by atoms with E-state index in [1.807, 2.05) is 0 Å². The molecular weight excluding hydrogens is 567 g/mol. The third-order valence-electron chi connectivity index (χ3n) is 3.85. The fourth-order valence-corrected chi connectivity index (χ4v) is 7.64. The van der Waals surface area contributed by atoms with E-state index in [0.29, 0.717) is 18.7 Å². The topological polar surface area (TPSA) is 270 Å². The van der Waals surface area contributed by atoms with E-state index in [0.717, 1.165) is 15.4 Å². The maximum absolute atomic E-state index is 12.2. The highest BCUT2D eigenvalue weighted by molar-refractivity contribution is 8.76. The number of aliphatic hydroxyl groups is 1. The van der Waals surface area contributed by atoms with Crippen LogP contribution in [-0.4, -0.2) is 65.3 Å². The third kappa shape index (κ3) is 9.61. The van der Waals surface area contributed by atoms with Gasteiger partial charge in [-0.2, -0.15) is 8.62 Å².